The van der Waals surface area contributed by atoms with Gasteiger partial charge in [-0.2, -0.15) is 5.26 Å². The number of nitriles is 1. The molecule has 0 saturated carbocycles. The number of nitrogens with two attached hydrogens (primary N) is 2. The van der Waals surface area contributed by atoms with Crippen LogP contribution < -0.4 is 20.9 Å². The Hall–Kier alpha value is -4.45. The monoisotopic (exact) mass is 556 g/mol. The van der Waals surface area contributed by atoms with E-state index in [9.17, 15) is 10.1 Å². The summed E-state index contributed by atoms with van der Waals surface area (Å²) in [4.78, 5) is 17.4. The predicted octanol–water partition coefficient (Wildman–Crippen LogP) is 6.56. The van der Waals surface area contributed by atoms with Crippen LogP contribution in [0.3, 0.4) is 0 Å². The minimum Gasteiger partial charge on any atom is -0.490 e. The van der Waals surface area contributed by atoms with E-state index < -0.39 is 0 Å². The van der Waals surface area contributed by atoms with Gasteiger partial charge in [-0.1, -0.05) is 78.5 Å². The Balaban J connectivity index is 1.51. The molecule has 0 aliphatic heterocycles. The highest BCUT2D eigenvalue weighted by molar-refractivity contribution is 8.00. The largest absolute Gasteiger partial charge is 0.490 e. The van der Waals surface area contributed by atoms with Crippen LogP contribution in [0.15, 0.2) is 90.5 Å². The molecule has 0 aliphatic carbocycles. The summed E-state index contributed by atoms with van der Waals surface area (Å²) in [5.74, 6) is 1.15. The Morgan fingerprint density at radius 2 is 1.82 bits per heavy atom. The third-order valence-electron chi connectivity index (χ3n) is 5.70. The van der Waals surface area contributed by atoms with Crippen molar-refractivity contribution >= 4 is 40.7 Å². The zero-order valence-corrected chi connectivity index (χ0v) is 22.5. The fourth-order valence-corrected chi connectivity index (χ4v) is 4.81. The molecule has 196 valence electrons. The van der Waals surface area contributed by atoms with Crippen LogP contribution in [0.1, 0.15) is 21.5 Å². The van der Waals surface area contributed by atoms with E-state index in [1.807, 2.05) is 18.2 Å². The first-order chi connectivity index (χ1) is 18.9. The SMILES string of the molecule is C=CCOc1ccc(-c2c(N)c(N)nc(SCC(=O)c3cccc(OCc4ccccc4Cl)c3)c2C#N)cc1. The van der Waals surface area contributed by atoms with Crippen LogP contribution in [0.5, 0.6) is 11.5 Å². The second-order valence-electron chi connectivity index (χ2n) is 8.32. The topological polar surface area (TPSA) is 124 Å². The van der Waals surface area contributed by atoms with E-state index in [4.69, 9.17) is 32.5 Å². The molecule has 0 radical (unpaired) electrons. The molecule has 39 heavy (non-hydrogen) atoms. The third-order valence-corrected chi connectivity index (χ3v) is 7.05. The molecule has 4 aromatic rings. The number of hydrogen-bond donors (Lipinski definition) is 2. The number of nitrogen functional groups attached to an aromatic ring is 2. The number of pyridine rings is 1. The molecule has 3 aromatic carbocycles. The Labute approximate surface area is 236 Å². The van der Waals surface area contributed by atoms with E-state index in [0.29, 0.717) is 44.8 Å². The number of carbonyl (C=O) groups is 1. The van der Waals surface area contributed by atoms with Crippen LogP contribution in [-0.2, 0) is 6.61 Å². The zero-order valence-electron chi connectivity index (χ0n) is 20.9. The molecule has 0 unspecified atom stereocenters. The Morgan fingerprint density at radius 3 is 2.54 bits per heavy atom. The molecule has 0 fully saturated rings. The molecule has 1 heterocycles. The molecule has 9 heteroatoms. The van der Waals surface area contributed by atoms with Crippen LogP contribution >= 0.6 is 23.4 Å². The summed E-state index contributed by atoms with van der Waals surface area (Å²) in [6.07, 6.45) is 1.65. The van der Waals surface area contributed by atoms with Gasteiger partial charge >= 0.3 is 0 Å². The first-order valence-corrected chi connectivity index (χ1v) is 13.2. The maximum absolute atomic E-state index is 13.0. The summed E-state index contributed by atoms with van der Waals surface area (Å²) in [5.41, 5.74) is 15.2. The van der Waals surface area contributed by atoms with Crippen molar-refractivity contribution in [2.75, 3.05) is 23.8 Å². The fourth-order valence-electron chi connectivity index (χ4n) is 3.73. The first kappa shape index (κ1) is 27.6. The minimum atomic E-state index is -0.158. The number of anilines is 2. The van der Waals surface area contributed by atoms with Gasteiger partial charge in [0.1, 0.15) is 41.6 Å². The zero-order chi connectivity index (χ0) is 27.8. The van der Waals surface area contributed by atoms with Crippen LogP contribution in [-0.4, -0.2) is 23.1 Å². The number of carbonyl (C=O) groups excluding carboxylic acids is 1. The first-order valence-electron chi connectivity index (χ1n) is 11.9. The number of thioether (sulfide) groups is 1. The van der Waals surface area contributed by atoms with Gasteiger partial charge in [0, 0.05) is 21.7 Å². The van der Waals surface area contributed by atoms with Crippen molar-refractivity contribution in [3.8, 4) is 28.7 Å². The van der Waals surface area contributed by atoms with E-state index in [-0.39, 0.29) is 35.2 Å². The van der Waals surface area contributed by atoms with E-state index in [1.54, 1.807) is 60.7 Å². The Bertz CT molecular complexity index is 1550. The van der Waals surface area contributed by atoms with Crippen molar-refractivity contribution in [3.05, 3.63) is 107 Å². The van der Waals surface area contributed by atoms with Crippen molar-refractivity contribution in [2.45, 2.75) is 11.6 Å². The quantitative estimate of drug-likeness (QED) is 0.121. The lowest BCUT2D eigenvalue weighted by Gasteiger charge is -2.14. The summed E-state index contributed by atoms with van der Waals surface area (Å²) in [6, 6.07) is 23.6. The van der Waals surface area contributed by atoms with Crippen molar-refractivity contribution in [1.82, 2.24) is 4.98 Å². The molecule has 0 spiro atoms. The Morgan fingerprint density at radius 1 is 1.05 bits per heavy atom. The van der Waals surface area contributed by atoms with E-state index in [0.717, 1.165) is 17.3 Å². The highest BCUT2D eigenvalue weighted by Crippen LogP contribution is 2.38. The van der Waals surface area contributed by atoms with Gasteiger partial charge in [-0.25, -0.2) is 4.98 Å². The van der Waals surface area contributed by atoms with E-state index in [2.05, 4.69) is 17.6 Å². The highest BCUT2D eigenvalue weighted by Gasteiger charge is 2.20. The maximum atomic E-state index is 13.0. The predicted molar refractivity (Wildman–Crippen MR) is 156 cm³/mol. The maximum Gasteiger partial charge on any atom is 0.173 e. The van der Waals surface area contributed by atoms with Crippen LogP contribution in [0, 0.1) is 11.3 Å². The number of nitrogens with zero attached hydrogens (tertiary/aromatic N) is 2. The lowest BCUT2D eigenvalue weighted by molar-refractivity contribution is 0.102. The molecule has 0 bridgehead atoms. The normalized spacial score (nSPS) is 10.5. The molecule has 0 atom stereocenters. The van der Waals surface area contributed by atoms with Gasteiger partial charge in [-0.3, -0.25) is 4.79 Å². The molecular weight excluding hydrogens is 532 g/mol. The summed E-state index contributed by atoms with van der Waals surface area (Å²) in [6.45, 7) is 4.28. The van der Waals surface area contributed by atoms with E-state index in [1.165, 1.54) is 0 Å². The molecule has 0 saturated heterocycles. The standard InChI is InChI=1S/C30H25ClN4O3S/c1-2-14-37-22-12-10-19(11-13-22)27-24(16-32)30(35-29(34)28(27)33)39-18-26(36)20-7-5-8-23(15-20)38-17-21-6-3-4-9-25(21)31/h2-13,15H,1,14,17-18,33H2,(H2,34,35). The second-order valence-corrected chi connectivity index (χ2v) is 9.69. The summed E-state index contributed by atoms with van der Waals surface area (Å²) in [5, 5.41) is 10.9. The van der Waals surface area contributed by atoms with Crippen LogP contribution in [0.2, 0.25) is 5.02 Å². The molecule has 4 rings (SSSR count). The van der Waals surface area contributed by atoms with Crippen LogP contribution in [0.4, 0.5) is 11.5 Å². The second kappa shape index (κ2) is 12.9. The van der Waals surface area contributed by atoms with Crippen LogP contribution in [0.25, 0.3) is 11.1 Å². The average molecular weight is 557 g/mol. The lowest BCUT2D eigenvalue weighted by Crippen LogP contribution is -2.07. The molecular formula is C30H25ClN4O3S. The number of rotatable bonds is 11. The van der Waals surface area contributed by atoms with Crippen molar-refractivity contribution < 1.29 is 14.3 Å². The molecule has 0 amide bonds. The lowest BCUT2D eigenvalue weighted by atomic mass is 10.00. The smallest absolute Gasteiger partial charge is 0.173 e. The van der Waals surface area contributed by atoms with Gasteiger partial charge in [-0.05, 0) is 35.9 Å². The number of Topliss-reactive ketones (excluding diaryl/α,β-unsaturated/α-hetero) is 1. The van der Waals surface area contributed by atoms with Gasteiger partial charge in [0.25, 0.3) is 0 Å². The molecule has 1 aromatic heterocycles. The number of aromatic nitrogens is 1. The van der Waals surface area contributed by atoms with Crippen molar-refractivity contribution in [1.29, 1.82) is 5.26 Å². The summed E-state index contributed by atoms with van der Waals surface area (Å²) >= 11 is 7.33. The van der Waals surface area contributed by atoms with Gasteiger partial charge in [0.05, 0.1) is 17.0 Å². The third kappa shape index (κ3) is 6.71. The van der Waals surface area contributed by atoms with Gasteiger partial charge < -0.3 is 20.9 Å². The number of ether oxygens (including phenoxy) is 2. The molecule has 4 N–H and O–H groups in total. The van der Waals surface area contributed by atoms with Gasteiger partial charge in [0.2, 0.25) is 0 Å². The van der Waals surface area contributed by atoms with E-state index >= 15 is 0 Å². The van der Waals surface area contributed by atoms with Gasteiger partial charge in [0.15, 0.2) is 5.78 Å². The number of halogens is 1. The molecule has 7 nitrogen and oxygen atoms in total. The van der Waals surface area contributed by atoms with Crippen molar-refractivity contribution in [3.63, 3.8) is 0 Å². The fraction of sp³-hybridized carbons (Fsp3) is 0.100. The molecule has 0 aliphatic rings. The number of hydrogen-bond acceptors (Lipinski definition) is 8. The Kier molecular flexibility index (Phi) is 9.10. The number of ketones is 1. The summed E-state index contributed by atoms with van der Waals surface area (Å²) in [7, 11) is 0. The van der Waals surface area contributed by atoms with Crippen molar-refractivity contribution in [2.24, 2.45) is 0 Å². The minimum absolute atomic E-state index is 0.0345. The number of benzene rings is 3. The van der Waals surface area contributed by atoms with Gasteiger partial charge in [-0.15, -0.1) is 0 Å². The average Bonchev–Trinajstić information content (AvgIpc) is 2.96. The highest BCUT2D eigenvalue weighted by atomic mass is 35.5. The summed E-state index contributed by atoms with van der Waals surface area (Å²) < 4.78 is 11.4.